The number of urea groups is 1. The second-order valence-corrected chi connectivity index (χ2v) is 3.89. The number of halogens is 3. The third-order valence-corrected chi connectivity index (χ3v) is 2.60. The molecule has 94 valence electrons. The van der Waals surface area contributed by atoms with Crippen LogP contribution in [0.25, 0.3) is 0 Å². The zero-order valence-electron chi connectivity index (χ0n) is 8.76. The highest BCUT2D eigenvalue weighted by Crippen LogP contribution is 2.17. The molecule has 0 saturated carbocycles. The van der Waals surface area contributed by atoms with E-state index in [1.165, 1.54) is 4.90 Å². The van der Waals surface area contributed by atoms with Crippen molar-refractivity contribution in [2.45, 2.75) is 19.0 Å². The summed E-state index contributed by atoms with van der Waals surface area (Å²) in [5, 5.41) is 10.7. The van der Waals surface area contributed by atoms with E-state index < -0.39 is 18.8 Å². The van der Waals surface area contributed by atoms with Gasteiger partial charge in [-0.05, 0) is 18.8 Å². The van der Waals surface area contributed by atoms with Crippen LogP contribution in [0.1, 0.15) is 12.8 Å². The first kappa shape index (κ1) is 13.1. The lowest BCUT2D eigenvalue weighted by Crippen LogP contribution is -2.47. The maximum Gasteiger partial charge on any atom is 0.405 e. The quantitative estimate of drug-likeness (QED) is 0.755. The molecule has 0 bridgehead atoms. The monoisotopic (exact) mass is 240 g/mol. The van der Waals surface area contributed by atoms with E-state index in [2.05, 4.69) is 0 Å². The van der Waals surface area contributed by atoms with Gasteiger partial charge in [0.1, 0.15) is 6.54 Å². The molecule has 16 heavy (non-hydrogen) atoms. The molecule has 7 heteroatoms. The number of aliphatic hydroxyl groups excluding tert-OH is 1. The number of piperidine rings is 1. The van der Waals surface area contributed by atoms with Gasteiger partial charge in [0.25, 0.3) is 0 Å². The van der Waals surface area contributed by atoms with Crippen molar-refractivity contribution in [1.29, 1.82) is 0 Å². The van der Waals surface area contributed by atoms with Crippen molar-refractivity contribution in [2.24, 2.45) is 5.92 Å². The first-order valence-electron chi connectivity index (χ1n) is 5.13. The van der Waals surface area contributed by atoms with Crippen molar-refractivity contribution in [1.82, 2.24) is 10.2 Å². The number of nitrogens with one attached hydrogen (secondary N) is 1. The molecule has 0 radical (unpaired) electrons. The number of nitrogens with zero attached hydrogens (tertiary/aromatic N) is 1. The Morgan fingerprint density at radius 1 is 1.38 bits per heavy atom. The zero-order valence-corrected chi connectivity index (χ0v) is 8.76. The minimum Gasteiger partial charge on any atom is -0.396 e. The van der Waals surface area contributed by atoms with E-state index in [-0.39, 0.29) is 12.5 Å². The van der Waals surface area contributed by atoms with Crippen molar-refractivity contribution in [3.63, 3.8) is 0 Å². The Bertz CT molecular complexity index is 237. The Kier molecular flexibility index (Phi) is 4.40. The van der Waals surface area contributed by atoms with Gasteiger partial charge in [0, 0.05) is 19.7 Å². The molecule has 1 aliphatic rings. The summed E-state index contributed by atoms with van der Waals surface area (Å²) in [5.41, 5.74) is 0. The average molecular weight is 240 g/mol. The van der Waals surface area contributed by atoms with E-state index in [4.69, 9.17) is 5.11 Å². The summed E-state index contributed by atoms with van der Waals surface area (Å²) in [6.07, 6.45) is -3.11. The first-order valence-corrected chi connectivity index (χ1v) is 5.13. The minimum absolute atomic E-state index is 0.0675. The molecule has 0 aromatic carbocycles. The van der Waals surface area contributed by atoms with Crippen LogP contribution in [0.15, 0.2) is 0 Å². The van der Waals surface area contributed by atoms with Crippen molar-refractivity contribution >= 4 is 6.03 Å². The number of hydrogen-bond acceptors (Lipinski definition) is 2. The lowest BCUT2D eigenvalue weighted by molar-refractivity contribution is -0.123. The van der Waals surface area contributed by atoms with Gasteiger partial charge < -0.3 is 15.3 Å². The molecule has 2 amide bonds. The lowest BCUT2D eigenvalue weighted by atomic mass is 9.98. The van der Waals surface area contributed by atoms with E-state index in [1.807, 2.05) is 5.32 Å². The highest BCUT2D eigenvalue weighted by molar-refractivity contribution is 5.74. The predicted octanol–water partition coefficient (Wildman–Crippen LogP) is 0.963. The summed E-state index contributed by atoms with van der Waals surface area (Å²) in [6, 6.07) is -0.686. The Labute approximate surface area is 91.4 Å². The lowest BCUT2D eigenvalue weighted by Gasteiger charge is -2.31. The second kappa shape index (κ2) is 5.38. The van der Waals surface area contributed by atoms with Crippen molar-refractivity contribution in [2.75, 3.05) is 26.2 Å². The van der Waals surface area contributed by atoms with Gasteiger partial charge in [-0.1, -0.05) is 0 Å². The van der Waals surface area contributed by atoms with Gasteiger partial charge in [-0.25, -0.2) is 4.79 Å². The minimum atomic E-state index is -4.38. The van der Waals surface area contributed by atoms with E-state index in [1.54, 1.807) is 0 Å². The number of aliphatic hydroxyl groups is 1. The maximum absolute atomic E-state index is 11.8. The number of alkyl halides is 3. The smallest absolute Gasteiger partial charge is 0.396 e. The third kappa shape index (κ3) is 4.26. The largest absolute Gasteiger partial charge is 0.405 e. The third-order valence-electron chi connectivity index (χ3n) is 2.60. The molecule has 1 rings (SSSR count). The van der Waals surface area contributed by atoms with Crippen LogP contribution in [0.5, 0.6) is 0 Å². The Morgan fingerprint density at radius 2 is 1.94 bits per heavy atom. The number of amides is 2. The molecule has 1 fully saturated rings. The van der Waals surface area contributed by atoms with Gasteiger partial charge in [-0.2, -0.15) is 13.2 Å². The first-order chi connectivity index (χ1) is 7.42. The van der Waals surface area contributed by atoms with Gasteiger partial charge in [0.15, 0.2) is 0 Å². The number of likely N-dealkylation sites (tertiary alicyclic amines) is 1. The average Bonchev–Trinajstić information content (AvgIpc) is 2.25. The van der Waals surface area contributed by atoms with Crippen LogP contribution in [0.4, 0.5) is 18.0 Å². The van der Waals surface area contributed by atoms with Gasteiger partial charge in [-0.3, -0.25) is 0 Å². The maximum atomic E-state index is 11.8. The van der Waals surface area contributed by atoms with Gasteiger partial charge in [-0.15, -0.1) is 0 Å². The Morgan fingerprint density at radius 3 is 2.38 bits per heavy atom. The fraction of sp³-hybridized carbons (Fsp3) is 0.889. The number of carbonyl (C=O) groups excluding carboxylic acids is 1. The molecule has 0 unspecified atom stereocenters. The molecule has 1 saturated heterocycles. The predicted molar refractivity (Wildman–Crippen MR) is 50.8 cm³/mol. The number of carbonyl (C=O) groups is 1. The Balaban J connectivity index is 2.28. The van der Waals surface area contributed by atoms with Crippen molar-refractivity contribution in [3.05, 3.63) is 0 Å². The molecule has 4 nitrogen and oxygen atoms in total. The number of hydrogen-bond donors (Lipinski definition) is 2. The van der Waals surface area contributed by atoms with Crippen LogP contribution >= 0.6 is 0 Å². The SMILES string of the molecule is O=C(NCC(F)(F)F)N1CCC(CO)CC1. The van der Waals surface area contributed by atoms with Crippen LogP contribution in [0.3, 0.4) is 0 Å². The van der Waals surface area contributed by atoms with Crippen LogP contribution < -0.4 is 5.32 Å². The normalized spacial score (nSPS) is 18.6. The molecule has 0 spiro atoms. The van der Waals surface area contributed by atoms with E-state index in [9.17, 15) is 18.0 Å². The Hall–Kier alpha value is -0.980. The van der Waals surface area contributed by atoms with Crippen LogP contribution in [-0.2, 0) is 0 Å². The van der Waals surface area contributed by atoms with Crippen molar-refractivity contribution < 1.29 is 23.1 Å². The highest BCUT2D eigenvalue weighted by Gasteiger charge is 2.29. The molecule has 1 heterocycles. The summed E-state index contributed by atoms with van der Waals surface area (Å²) in [6.45, 7) is -0.437. The van der Waals surface area contributed by atoms with Crippen LogP contribution in [0, 0.1) is 5.92 Å². The standard InChI is InChI=1S/C9H15F3N2O2/c10-9(11,12)6-13-8(16)14-3-1-7(5-15)2-4-14/h7,15H,1-6H2,(H,13,16). The fourth-order valence-corrected chi connectivity index (χ4v) is 1.61. The number of rotatable bonds is 2. The van der Waals surface area contributed by atoms with Gasteiger partial charge in [0.05, 0.1) is 0 Å². The molecule has 0 aromatic heterocycles. The summed E-state index contributed by atoms with van der Waals surface area (Å²) < 4.78 is 35.5. The molecule has 2 N–H and O–H groups in total. The highest BCUT2D eigenvalue weighted by atomic mass is 19.4. The van der Waals surface area contributed by atoms with Crippen molar-refractivity contribution in [3.8, 4) is 0 Å². The van der Waals surface area contributed by atoms with Gasteiger partial charge >= 0.3 is 12.2 Å². The summed E-state index contributed by atoms with van der Waals surface area (Å²) in [4.78, 5) is 12.6. The van der Waals surface area contributed by atoms with Crippen LogP contribution in [0.2, 0.25) is 0 Å². The van der Waals surface area contributed by atoms with E-state index >= 15 is 0 Å². The molecule has 0 aromatic rings. The molecule has 0 atom stereocenters. The van der Waals surface area contributed by atoms with Crippen LogP contribution in [-0.4, -0.2) is 48.5 Å². The summed E-state index contributed by atoms with van der Waals surface area (Å²) in [7, 11) is 0. The fourth-order valence-electron chi connectivity index (χ4n) is 1.61. The molecule has 0 aliphatic carbocycles. The van der Waals surface area contributed by atoms with Gasteiger partial charge in [0.2, 0.25) is 0 Å². The summed E-state index contributed by atoms with van der Waals surface area (Å²) >= 11 is 0. The topological polar surface area (TPSA) is 52.6 Å². The van der Waals surface area contributed by atoms with E-state index in [0.29, 0.717) is 25.9 Å². The van der Waals surface area contributed by atoms with E-state index in [0.717, 1.165) is 0 Å². The molecule has 1 aliphatic heterocycles. The molecular weight excluding hydrogens is 225 g/mol. The zero-order chi connectivity index (χ0) is 12.2. The molecular formula is C9H15F3N2O2. The summed E-state index contributed by atoms with van der Waals surface area (Å²) in [5.74, 6) is 0.159. The second-order valence-electron chi connectivity index (χ2n) is 3.89.